The number of carbonyl (C=O) groups excluding carboxylic acids is 1. The smallest absolute Gasteiger partial charge is 0.271 e. The number of anilines is 1. The molecule has 0 aliphatic carbocycles. The van der Waals surface area contributed by atoms with Crippen molar-refractivity contribution in [2.24, 2.45) is 0 Å². The molecule has 5 nitrogen and oxygen atoms in total. The van der Waals surface area contributed by atoms with E-state index in [9.17, 15) is 4.79 Å². The zero-order chi connectivity index (χ0) is 13.1. The topological polar surface area (TPSA) is 72.9 Å². The van der Waals surface area contributed by atoms with E-state index in [1.165, 1.54) is 11.1 Å². The lowest BCUT2D eigenvalue weighted by atomic mass is 10.3. The molecule has 0 bridgehead atoms. The Bertz CT molecular complexity index is 558. The summed E-state index contributed by atoms with van der Waals surface area (Å²) in [5, 5.41) is 6.91. The van der Waals surface area contributed by atoms with Gasteiger partial charge in [0.05, 0.1) is 18.4 Å². The zero-order valence-electron chi connectivity index (χ0n) is 10.4. The van der Waals surface area contributed by atoms with Gasteiger partial charge in [0, 0.05) is 16.3 Å². The number of thiophene rings is 1. The molecule has 0 spiro atoms. The fourth-order valence-electron chi connectivity index (χ4n) is 1.72. The molecule has 0 saturated heterocycles. The monoisotopic (exact) mass is 264 g/mol. The van der Waals surface area contributed by atoms with Crippen molar-refractivity contribution in [3.8, 4) is 0 Å². The molecular weight excluding hydrogens is 248 g/mol. The maximum atomic E-state index is 12.0. The second kappa shape index (κ2) is 5.22. The average molecular weight is 264 g/mol. The van der Waals surface area contributed by atoms with Crippen molar-refractivity contribution >= 4 is 22.9 Å². The summed E-state index contributed by atoms with van der Waals surface area (Å²) in [4.78, 5) is 14.4. The summed E-state index contributed by atoms with van der Waals surface area (Å²) in [6.07, 6.45) is 1.51. The minimum absolute atomic E-state index is 0.182. The Kier molecular flexibility index (Phi) is 3.66. The van der Waals surface area contributed by atoms with Crippen molar-refractivity contribution in [1.82, 2.24) is 15.1 Å². The van der Waals surface area contributed by atoms with E-state index >= 15 is 0 Å². The highest BCUT2D eigenvalue weighted by atomic mass is 32.1. The van der Waals surface area contributed by atoms with Crippen molar-refractivity contribution in [3.05, 3.63) is 33.8 Å². The van der Waals surface area contributed by atoms with Gasteiger partial charge in [-0.25, -0.2) is 0 Å². The van der Waals surface area contributed by atoms with Gasteiger partial charge in [-0.05, 0) is 26.0 Å². The van der Waals surface area contributed by atoms with Gasteiger partial charge in [-0.15, -0.1) is 11.3 Å². The van der Waals surface area contributed by atoms with Gasteiger partial charge in [-0.3, -0.25) is 9.48 Å². The lowest BCUT2D eigenvalue weighted by Gasteiger charge is -2.06. The third-order valence-electron chi connectivity index (χ3n) is 2.60. The van der Waals surface area contributed by atoms with Gasteiger partial charge in [-0.1, -0.05) is 0 Å². The summed E-state index contributed by atoms with van der Waals surface area (Å²) in [5.74, 6) is -0.182. The van der Waals surface area contributed by atoms with Gasteiger partial charge in [0.25, 0.3) is 5.91 Å². The molecule has 0 unspecified atom stereocenters. The van der Waals surface area contributed by atoms with Gasteiger partial charge in [-0.2, -0.15) is 5.10 Å². The third-order valence-corrected chi connectivity index (χ3v) is 3.60. The number of nitrogens with two attached hydrogens (primary N) is 1. The number of aromatic nitrogens is 2. The number of nitrogens with zero attached hydrogens (tertiary/aromatic N) is 2. The first-order valence-corrected chi connectivity index (χ1v) is 6.58. The van der Waals surface area contributed by atoms with Crippen LogP contribution in [0.25, 0.3) is 0 Å². The van der Waals surface area contributed by atoms with E-state index in [-0.39, 0.29) is 5.91 Å². The van der Waals surface area contributed by atoms with E-state index in [0.29, 0.717) is 24.5 Å². The fraction of sp³-hybridized carbons (Fsp3) is 0.333. The molecule has 0 saturated carbocycles. The predicted octanol–water partition coefficient (Wildman–Crippen LogP) is 1.79. The van der Waals surface area contributed by atoms with Crippen LogP contribution in [0.2, 0.25) is 0 Å². The van der Waals surface area contributed by atoms with E-state index < -0.39 is 0 Å². The Morgan fingerprint density at radius 3 is 2.94 bits per heavy atom. The van der Waals surface area contributed by atoms with Crippen molar-refractivity contribution < 1.29 is 4.79 Å². The van der Waals surface area contributed by atoms with Crippen LogP contribution in [-0.4, -0.2) is 15.7 Å². The van der Waals surface area contributed by atoms with Crippen molar-refractivity contribution in [3.63, 3.8) is 0 Å². The van der Waals surface area contributed by atoms with E-state index in [4.69, 9.17) is 5.73 Å². The number of hydrogen-bond donors (Lipinski definition) is 2. The minimum atomic E-state index is -0.182. The minimum Gasteiger partial charge on any atom is -0.396 e. The Hall–Kier alpha value is -1.82. The van der Waals surface area contributed by atoms with Gasteiger partial charge < -0.3 is 11.1 Å². The van der Waals surface area contributed by atoms with Crippen molar-refractivity contribution in [2.45, 2.75) is 26.9 Å². The molecule has 2 aromatic heterocycles. The van der Waals surface area contributed by atoms with Crippen LogP contribution in [0.4, 0.5) is 5.69 Å². The number of nitrogen functional groups attached to an aromatic ring is 1. The quantitative estimate of drug-likeness (QED) is 0.884. The standard InChI is InChI=1S/C12H16N4OS/c1-3-16-11(10(13)7-15-16)12(17)14-6-9-5-4-8(2)18-9/h4-5,7H,3,6,13H2,1-2H3,(H,14,17). The highest BCUT2D eigenvalue weighted by Gasteiger charge is 2.15. The number of carbonyl (C=O) groups is 1. The van der Waals surface area contributed by atoms with E-state index in [0.717, 1.165) is 4.88 Å². The molecule has 2 heterocycles. The molecule has 0 aliphatic rings. The summed E-state index contributed by atoms with van der Waals surface area (Å²) < 4.78 is 1.60. The number of rotatable bonds is 4. The number of nitrogens with one attached hydrogen (secondary N) is 1. The van der Waals surface area contributed by atoms with Crippen LogP contribution in [0.1, 0.15) is 27.2 Å². The summed E-state index contributed by atoms with van der Waals surface area (Å²) in [7, 11) is 0. The normalized spacial score (nSPS) is 10.6. The largest absolute Gasteiger partial charge is 0.396 e. The van der Waals surface area contributed by atoms with Crippen LogP contribution in [-0.2, 0) is 13.1 Å². The number of hydrogen-bond acceptors (Lipinski definition) is 4. The van der Waals surface area contributed by atoms with Gasteiger partial charge in [0.15, 0.2) is 0 Å². The number of aryl methyl sites for hydroxylation is 2. The maximum absolute atomic E-state index is 12.0. The van der Waals surface area contributed by atoms with Crippen LogP contribution in [0.15, 0.2) is 18.3 Å². The molecule has 6 heteroatoms. The van der Waals surface area contributed by atoms with Crippen LogP contribution >= 0.6 is 11.3 Å². The summed E-state index contributed by atoms with van der Waals surface area (Å²) in [5.41, 5.74) is 6.60. The Labute approximate surface area is 110 Å². The van der Waals surface area contributed by atoms with Crippen LogP contribution in [0, 0.1) is 6.92 Å². The maximum Gasteiger partial charge on any atom is 0.271 e. The van der Waals surface area contributed by atoms with Crippen LogP contribution in [0.3, 0.4) is 0 Å². The van der Waals surface area contributed by atoms with E-state index in [2.05, 4.69) is 10.4 Å². The number of amides is 1. The molecule has 96 valence electrons. The molecule has 1 amide bonds. The SMILES string of the molecule is CCn1ncc(N)c1C(=O)NCc1ccc(C)s1. The second-order valence-electron chi connectivity index (χ2n) is 3.96. The summed E-state index contributed by atoms with van der Waals surface area (Å²) >= 11 is 1.67. The molecule has 2 aromatic rings. The van der Waals surface area contributed by atoms with Gasteiger partial charge >= 0.3 is 0 Å². The van der Waals surface area contributed by atoms with E-state index in [1.807, 2.05) is 26.0 Å². The molecular formula is C12H16N4OS. The third kappa shape index (κ3) is 2.53. The molecule has 2 rings (SSSR count). The first-order valence-electron chi connectivity index (χ1n) is 5.76. The Morgan fingerprint density at radius 2 is 2.33 bits per heavy atom. The van der Waals surface area contributed by atoms with Crippen molar-refractivity contribution in [2.75, 3.05) is 5.73 Å². The zero-order valence-corrected chi connectivity index (χ0v) is 11.3. The summed E-state index contributed by atoms with van der Waals surface area (Å²) in [6, 6.07) is 4.05. The summed E-state index contributed by atoms with van der Waals surface area (Å²) in [6.45, 7) is 5.11. The van der Waals surface area contributed by atoms with Crippen molar-refractivity contribution in [1.29, 1.82) is 0 Å². The molecule has 0 aromatic carbocycles. The molecule has 3 N–H and O–H groups in total. The highest BCUT2D eigenvalue weighted by Crippen LogP contribution is 2.15. The first-order chi connectivity index (χ1) is 8.61. The Balaban J connectivity index is 2.05. The highest BCUT2D eigenvalue weighted by molar-refractivity contribution is 7.11. The Morgan fingerprint density at radius 1 is 1.56 bits per heavy atom. The van der Waals surface area contributed by atoms with Crippen LogP contribution < -0.4 is 11.1 Å². The van der Waals surface area contributed by atoms with Gasteiger partial charge in [0.2, 0.25) is 0 Å². The molecule has 0 atom stereocenters. The first kappa shape index (κ1) is 12.6. The fourth-order valence-corrected chi connectivity index (χ4v) is 2.55. The molecule has 0 radical (unpaired) electrons. The molecule has 0 fully saturated rings. The lowest BCUT2D eigenvalue weighted by molar-refractivity contribution is 0.0941. The average Bonchev–Trinajstić information content (AvgIpc) is 2.92. The molecule has 18 heavy (non-hydrogen) atoms. The molecule has 0 aliphatic heterocycles. The van der Waals surface area contributed by atoms with Crippen LogP contribution in [0.5, 0.6) is 0 Å². The van der Waals surface area contributed by atoms with Gasteiger partial charge in [0.1, 0.15) is 5.69 Å². The predicted molar refractivity (Wildman–Crippen MR) is 72.5 cm³/mol. The second-order valence-corrected chi connectivity index (χ2v) is 5.33. The lowest BCUT2D eigenvalue weighted by Crippen LogP contribution is -2.26. The van der Waals surface area contributed by atoms with E-state index in [1.54, 1.807) is 16.0 Å².